The number of allylic oxidation sites excluding steroid dienone is 20. The van der Waals surface area contributed by atoms with Crippen molar-refractivity contribution in [3.63, 3.8) is 0 Å². The summed E-state index contributed by atoms with van der Waals surface area (Å²) in [4.78, 5) is 38.3. The second-order valence-electron chi connectivity index (χ2n) is 21.6. The van der Waals surface area contributed by atoms with Crippen LogP contribution in [0.15, 0.2) is 122 Å². The van der Waals surface area contributed by atoms with Crippen LogP contribution in [0.2, 0.25) is 0 Å². The Bertz CT molecular complexity index is 1640. The van der Waals surface area contributed by atoms with Crippen LogP contribution < -0.4 is 0 Å². The molecule has 0 heterocycles. The average Bonchev–Trinajstić information content (AvgIpc) is 3.45. The molecule has 0 saturated carbocycles. The lowest BCUT2D eigenvalue weighted by Gasteiger charge is -2.18. The van der Waals surface area contributed by atoms with Crippen LogP contribution in [0.1, 0.15) is 303 Å². The molecule has 0 fully saturated rings. The van der Waals surface area contributed by atoms with Crippen molar-refractivity contribution in [2.75, 3.05) is 13.2 Å². The standard InChI is InChI=1S/C73H122O6/c1-4-7-10-13-16-19-22-25-28-31-32-33-34-35-36-37-38-39-40-43-45-48-51-54-57-60-63-66-72(75)78-69-70(79-73(76)67-64-61-58-55-52-49-46-42-30-27-24-21-18-15-12-9-6-3)68-77-71(74)65-62-59-56-53-50-47-44-41-29-26-23-20-17-14-11-8-5-2/h8-9,11-12,17-18,20-22,25-27,29-32,46,49,55,58,70H,4-7,10,13-16,19,23-24,28,33-45,47-48,50-54,56-57,59-69H2,1-3H3/b11-8-,12-9-,20-17-,21-18-,25-22-,29-26-,30-27-,32-31-,49-46-,58-55-. The quantitative estimate of drug-likeness (QED) is 0.0261. The minimum Gasteiger partial charge on any atom is -0.462 e. The number of ether oxygens (including phenoxy) is 3. The highest BCUT2D eigenvalue weighted by atomic mass is 16.6. The summed E-state index contributed by atoms with van der Waals surface area (Å²) >= 11 is 0. The van der Waals surface area contributed by atoms with Gasteiger partial charge in [-0.2, -0.15) is 0 Å². The maximum atomic E-state index is 12.9. The summed E-state index contributed by atoms with van der Waals surface area (Å²) in [6, 6.07) is 0. The molecule has 1 unspecified atom stereocenters. The molecule has 0 aliphatic heterocycles. The van der Waals surface area contributed by atoms with E-state index in [4.69, 9.17) is 14.2 Å². The summed E-state index contributed by atoms with van der Waals surface area (Å²) in [6.45, 7) is 6.37. The van der Waals surface area contributed by atoms with Crippen molar-refractivity contribution >= 4 is 17.9 Å². The van der Waals surface area contributed by atoms with Crippen LogP contribution in [0.3, 0.4) is 0 Å². The van der Waals surface area contributed by atoms with Gasteiger partial charge in [0.15, 0.2) is 6.10 Å². The molecular formula is C73H122O6. The molecule has 0 spiro atoms. The highest BCUT2D eigenvalue weighted by Gasteiger charge is 2.19. The molecule has 0 bridgehead atoms. The summed E-state index contributed by atoms with van der Waals surface area (Å²) in [7, 11) is 0. The Hall–Kier alpha value is -4.19. The topological polar surface area (TPSA) is 78.9 Å². The van der Waals surface area contributed by atoms with Crippen molar-refractivity contribution in [2.24, 2.45) is 0 Å². The minimum atomic E-state index is -0.816. The Kier molecular flexibility index (Phi) is 62.8. The van der Waals surface area contributed by atoms with Gasteiger partial charge in [0.05, 0.1) is 0 Å². The fraction of sp³-hybridized carbons (Fsp3) is 0.685. The lowest BCUT2D eigenvalue weighted by atomic mass is 10.0. The zero-order chi connectivity index (χ0) is 57.1. The SMILES string of the molecule is CC/C=C\C/C=C\C/C=C\C/C=C\C/C=C\CCCC(=O)OC(COC(=O)CCCCCCCCC/C=C\C/C=C\C/C=C\CC)COC(=O)CCCCCCCCCCCCCCCCC/C=C\C/C=C\CCCCCCC. The second kappa shape index (κ2) is 66.3. The Balaban J connectivity index is 4.37. The summed E-state index contributed by atoms with van der Waals surface area (Å²) in [5, 5.41) is 0. The normalized spacial score (nSPS) is 12.9. The van der Waals surface area contributed by atoms with E-state index in [-0.39, 0.29) is 37.5 Å². The van der Waals surface area contributed by atoms with E-state index >= 15 is 0 Å². The van der Waals surface area contributed by atoms with Crippen LogP contribution in [0.4, 0.5) is 0 Å². The third kappa shape index (κ3) is 64.5. The van der Waals surface area contributed by atoms with Gasteiger partial charge >= 0.3 is 17.9 Å². The summed E-state index contributed by atoms with van der Waals surface area (Å²) in [5.41, 5.74) is 0. The zero-order valence-electron chi connectivity index (χ0n) is 51.6. The van der Waals surface area contributed by atoms with Gasteiger partial charge in [-0.05, 0) is 122 Å². The number of carbonyl (C=O) groups excluding carboxylic acids is 3. The van der Waals surface area contributed by atoms with Gasteiger partial charge in [-0.25, -0.2) is 0 Å². The zero-order valence-corrected chi connectivity index (χ0v) is 51.6. The number of hydrogen-bond donors (Lipinski definition) is 0. The maximum absolute atomic E-state index is 12.9. The van der Waals surface area contributed by atoms with Gasteiger partial charge in [-0.3, -0.25) is 14.4 Å². The molecule has 6 nitrogen and oxygen atoms in total. The number of carbonyl (C=O) groups is 3. The first-order valence-corrected chi connectivity index (χ1v) is 33.0. The number of hydrogen-bond acceptors (Lipinski definition) is 6. The first kappa shape index (κ1) is 74.8. The molecule has 0 aliphatic rings. The van der Waals surface area contributed by atoms with Crippen LogP contribution in [0, 0.1) is 0 Å². The second-order valence-corrected chi connectivity index (χ2v) is 21.6. The fourth-order valence-corrected chi connectivity index (χ4v) is 9.05. The van der Waals surface area contributed by atoms with Crippen molar-refractivity contribution in [3.05, 3.63) is 122 Å². The van der Waals surface area contributed by atoms with Crippen LogP contribution >= 0.6 is 0 Å². The minimum absolute atomic E-state index is 0.105. The molecular weight excluding hydrogens is 973 g/mol. The van der Waals surface area contributed by atoms with E-state index in [9.17, 15) is 14.4 Å². The van der Waals surface area contributed by atoms with Gasteiger partial charge in [0.1, 0.15) is 13.2 Å². The van der Waals surface area contributed by atoms with Crippen LogP contribution in [-0.4, -0.2) is 37.2 Å². The molecule has 0 radical (unpaired) electrons. The Labute approximate surface area is 488 Å². The van der Waals surface area contributed by atoms with E-state index in [1.807, 2.05) is 0 Å². The maximum Gasteiger partial charge on any atom is 0.306 e. The molecule has 0 rings (SSSR count). The fourth-order valence-electron chi connectivity index (χ4n) is 9.05. The average molecular weight is 1100 g/mol. The van der Waals surface area contributed by atoms with Crippen molar-refractivity contribution in [1.29, 1.82) is 0 Å². The molecule has 0 aromatic rings. The smallest absolute Gasteiger partial charge is 0.306 e. The van der Waals surface area contributed by atoms with Crippen LogP contribution in [0.25, 0.3) is 0 Å². The van der Waals surface area contributed by atoms with Crippen molar-refractivity contribution < 1.29 is 28.6 Å². The lowest BCUT2D eigenvalue weighted by Crippen LogP contribution is -2.30. The third-order valence-corrected chi connectivity index (χ3v) is 13.9. The van der Waals surface area contributed by atoms with E-state index in [1.54, 1.807) is 0 Å². The third-order valence-electron chi connectivity index (χ3n) is 13.9. The van der Waals surface area contributed by atoms with Gasteiger partial charge in [-0.15, -0.1) is 0 Å². The van der Waals surface area contributed by atoms with Gasteiger partial charge in [0, 0.05) is 19.3 Å². The van der Waals surface area contributed by atoms with E-state index in [0.717, 1.165) is 109 Å². The summed E-state index contributed by atoms with van der Waals surface area (Å²) in [6.07, 6.45) is 92.2. The number of unbranched alkanes of at least 4 members (excludes halogenated alkanes) is 28. The molecule has 1 atom stereocenters. The monoisotopic (exact) mass is 1090 g/mol. The highest BCUT2D eigenvalue weighted by molar-refractivity contribution is 5.71. The summed E-state index contributed by atoms with van der Waals surface area (Å²) in [5.74, 6) is -0.968. The first-order chi connectivity index (χ1) is 39.0. The van der Waals surface area contributed by atoms with Gasteiger partial charge in [0.2, 0.25) is 0 Å². The van der Waals surface area contributed by atoms with E-state index in [1.165, 1.54) is 148 Å². The van der Waals surface area contributed by atoms with Gasteiger partial charge in [0.25, 0.3) is 0 Å². The van der Waals surface area contributed by atoms with Crippen LogP contribution in [-0.2, 0) is 28.6 Å². The summed E-state index contributed by atoms with van der Waals surface area (Å²) < 4.78 is 16.9. The van der Waals surface area contributed by atoms with Gasteiger partial charge < -0.3 is 14.2 Å². The molecule has 6 heteroatoms. The number of rotatable bonds is 59. The van der Waals surface area contributed by atoms with E-state index in [0.29, 0.717) is 19.3 Å². The Morgan fingerprint density at radius 2 is 0.506 bits per heavy atom. The molecule has 450 valence electrons. The molecule has 0 saturated heterocycles. The Morgan fingerprint density at radius 1 is 0.266 bits per heavy atom. The predicted octanol–water partition coefficient (Wildman–Crippen LogP) is 22.8. The first-order valence-electron chi connectivity index (χ1n) is 33.0. The molecule has 0 amide bonds. The van der Waals surface area contributed by atoms with E-state index in [2.05, 4.69) is 142 Å². The van der Waals surface area contributed by atoms with E-state index < -0.39 is 6.10 Å². The van der Waals surface area contributed by atoms with Crippen molar-refractivity contribution in [2.45, 2.75) is 309 Å². The predicted molar refractivity (Wildman–Crippen MR) is 343 cm³/mol. The Morgan fingerprint density at radius 3 is 0.810 bits per heavy atom. The van der Waals surface area contributed by atoms with Gasteiger partial charge in [-0.1, -0.05) is 284 Å². The molecule has 0 aromatic heterocycles. The highest BCUT2D eigenvalue weighted by Crippen LogP contribution is 2.16. The largest absolute Gasteiger partial charge is 0.462 e. The molecule has 0 aliphatic carbocycles. The molecule has 0 N–H and O–H groups in total. The van der Waals surface area contributed by atoms with Crippen molar-refractivity contribution in [1.82, 2.24) is 0 Å². The van der Waals surface area contributed by atoms with Crippen molar-refractivity contribution in [3.8, 4) is 0 Å². The number of esters is 3. The molecule has 79 heavy (non-hydrogen) atoms. The van der Waals surface area contributed by atoms with Crippen LogP contribution in [0.5, 0.6) is 0 Å². The molecule has 0 aromatic carbocycles. The lowest BCUT2D eigenvalue weighted by molar-refractivity contribution is -0.167.